The Balaban J connectivity index is 1.74. The summed E-state index contributed by atoms with van der Waals surface area (Å²) in [6, 6.07) is 10.2. The molecule has 0 aliphatic rings. The summed E-state index contributed by atoms with van der Waals surface area (Å²) in [6.07, 6.45) is 4.57. The topological polar surface area (TPSA) is 137 Å². The number of likely N-dealkylation sites (N-methyl/N-ethyl adjacent to an activating group) is 1. The fourth-order valence-electron chi connectivity index (χ4n) is 4.15. The molecule has 4 N–H and O–H groups in total. The Morgan fingerprint density at radius 2 is 1.92 bits per heavy atom. The first kappa shape index (κ1) is 28.2. The number of carbonyl (C=O) groups excluding carboxylic acids is 2. The minimum absolute atomic E-state index is 0.0459. The molecule has 1 atom stereocenters. The van der Waals surface area contributed by atoms with Gasteiger partial charge in [0, 0.05) is 36.9 Å². The fourth-order valence-corrected chi connectivity index (χ4v) is 4.15. The van der Waals surface area contributed by atoms with Crippen LogP contribution in [0.25, 0.3) is 10.9 Å². The van der Waals surface area contributed by atoms with E-state index in [2.05, 4.69) is 35.5 Å². The number of rotatable bonds is 11. The van der Waals surface area contributed by atoms with Crippen molar-refractivity contribution in [1.29, 1.82) is 0 Å². The van der Waals surface area contributed by atoms with Gasteiger partial charge in [0.2, 0.25) is 11.8 Å². The van der Waals surface area contributed by atoms with Crippen LogP contribution in [0.5, 0.6) is 0 Å². The molecule has 0 fully saturated rings. The number of carboxylic acid groups (broad SMARTS) is 1. The summed E-state index contributed by atoms with van der Waals surface area (Å²) >= 11 is 0. The molecule has 3 aromatic rings. The lowest BCUT2D eigenvalue weighted by Gasteiger charge is -2.16. The van der Waals surface area contributed by atoms with E-state index in [1.165, 1.54) is 27.2 Å². The maximum absolute atomic E-state index is 13.1. The molecule has 10 nitrogen and oxygen atoms in total. The quantitative estimate of drug-likeness (QED) is 0.286. The molecule has 0 spiro atoms. The van der Waals surface area contributed by atoms with Crippen molar-refractivity contribution in [2.45, 2.75) is 45.7 Å². The second kappa shape index (κ2) is 12.8. The molecule has 10 heteroatoms. The number of nitrogens with zero attached hydrogens (tertiary/aromatic N) is 2. The van der Waals surface area contributed by atoms with Gasteiger partial charge in [0.25, 0.3) is 5.56 Å². The van der Waals surface area contributed by atoms with Gasteiger partial charge in [0.05, 0.1) is 6.54 Å². The molecular formula is C28H35N5O5. The summed E-state index contributed by atoms with van der Waals surface area (Å²) in [5.41, 5.74) is 2.73. The van der Waals surface area contributed by atoms with Gasteiger partial charge in [-0.2, -0.15) is 0 Å². The van der Waals surface area contributed by atoms with Crippen LogP contribution < -0.4 is 16.2 Å². The smallest absolute Gasteiger partial charge is 0.405 e. The van der Waals surface area contributed by atoms with Gasteiger partial charge in [-0.15, -0.1) is 0 Å². The first-order chi connectivity index (χ1) is 18.0. The van der Waals surface area contributed by atoms with E-state index < -0.39 is 23.6 Å². The fraction of sp³-hybridized carbons (Fsp3) is 0.357. The summed E-state index contributed by atoms with van der Waals surface area (Å²) in [5.74, 6) is -0.357. The summed E-state index contributed by atoms with van der Waals surface area (Å²) in [7, 11) is 3.23. The highest BCUT2D eigenvalue weighted by molar-refractivity contribution is 5.96. The molecular weight excluding hydrogens is 486 g/mol. The molecule has 202 valence electrons. The van der Waals surface area contributed by atoms with Crippen LogP contribution >= 0.6 is 0 Å². The van der Waals surface area contributed by atoms with Crippen LogP contribution in [-0.2, 0) is 22.6 Å². The first-order valence-electron chi connectivity index (χ1n) is 12.5. The van der Waals surface area contributed by atoms with E-state index in [1.54, 1.807) is 32.4 Å². The van der Waals surface area contributed by atoms with Crippen molar-refractivity contribution < 1.29 is 19.5 Å². The Morgan fingerprint density at radius 1 is 1.16 bits per heavy atom. The van der Waals surface area contributed by atoms with Crippen molar-refractivity contribution in [3.63, 3.8) is 0 Å². The van der Waals surface area contributed by atoms with Crippen LogP contribution in [0.1, 0.15) is 37.9 Å². The third-order valence-corrected chi connectivity index (χ3v) is 5.99. The number of allylic oxidation sites excluding steroid dienone is 1. The third-order valence-electron chi connectivity index (χ3n) is 5.99. The number of nitrogens with one attached hydrogen (secondary N) is 3. The molecule has 1 aromatic carbocycles. The van der Waals surface area contributed by atoms with Crippen molar-refractivity contribution >= 4 is 34.5 Å². The average molecular weight is 522 g/mol. The highest BCUT2D eigenvalue weighted by Gasteiger charge is 2.21. The number of benzene rings is 1. The Morgan fingerprint density at radius 3 is 2.61 bits per heavy atom. The van der Waals surface area contributed by atoms with E-state index in [0.717, 1.165) is 23.0 Å². The maximum atomic E-state index is 13.1. The average Bonchev–Trinajstić information content (AvgIpc) is 3.26. The minimum Gasteiger partial charge on any atom is -0.465 e. The summed E-state index contributed by atoms with van der Waals surface area (Å²) in [6.45, 7) is 4.62. The molecule has 0 aliphatic carbocycles. The van der Waals surface area contributed by atoms with E-state index in [0.29, 0.717) is 5.92 Å². The SMILES string of the molecule is CC(C)Cc1cccc2[nH]c(Cn3cccc(NC(=O)C(CC/C=C/C(=O)N(C)C)NC(=O)O)c3=O)cc12. The Hall–Kier alpha value is -4.34. The van der Waals surface area contributed by atoms with Crippen LogP contribution in [0, 0.1) is 5.92 Å². The zero-order valence-corrected chi connectivity index (χ0v) is 22.2. The molecule has 0 saturated carbocycles. The summed E-state index contributed by atoms with van der Waals surface area (Å²) < 4.78 is 1.48. The third kappa shape index (κ3) is 7.58. The number of aromatic nitrogens is 2. The van der Waals surface area contributed by atoms with Crippen LogP contribution in [-0.4, -0.2) is 57.6 Å². The number of hydrogen-bond acceptors (Lipinski definition) is 4. The van der Waals surface area contributed by atoms with Gasteiger partial charge in [0.1, 0.15) is 11.7 Å². The molecule has 38 heavy (non-hydrogen) atoms. The lowest BCUT2D eigenvalue weighted by molar-refractivity contribution is -0.123. The van der Waals surface area contributed by atoms with Gasteiger partial charge in [-0.3, -0.25) is 14.4 Å². The molecule has 0 aliphatic heterocycles. The molecule has 3 amide bonds. The van der Waals surface area contributed by atoms with Crippen molar-refractivity contribution in [3.8, 4) is 0 Å². The van der Waals surface area contributed by atoms with Crippen molar-refractivity contribution in [2.75, 3.05) is 19.4 Å². The highest BCUT2D eigenvalue weighted by atomic mass is 16.4. The minimum atomic E-state index is -1.36. The predicted octanol–water partition coefficient (Wildman–Crippen LogP) is 3.58. The second-order valence-electron chi connectivity index (χ2n) is 9.83. The predicted molar refractivity (Wildman–Crippen MR) is 147 cm³/mol. The Bertz CT molecular complexity index is 1390. The molecule has 3 rings (SSSR count). The molecule has 2 aromatic heterocycles. The van der Waals surface area contributed by atoms with Crippen LogP contribution in [0.2, 0.25) is 0 Å². The number of fused-ring (bicyclic) bond motifs is 1. The van der Waals surface area contributed by atoms with Crippen LogP contribution in [0.3, 0.4) is 0 Å². The molecule has 0 bridgehead atoms. The van der Waals surface area contributed by atoms with E-state index in [9.17, 15) is 19.2 Å². The normalized spacial score (nSPS) is 12.1. The largest absolute Gasteiger partial charge is 0.465 e. The van der Waals surface area contributed by atoms with Gasteiger partial charge in [0.15, 0.2) is 0 Å². The Labute approximate surface area is 221 Å². The van der Waals surface area contributed by atoms with Gasteiger partial charge >= 0.3 is 6.09 Å². The zero-order chi connectivity index (χ0) is 27.8. The molecule has 2 heterocycles. The number of pyridine rings is 1. The zero-order valence-electron chi connectivity index (χ0n) is 22.2. The maximum Gasteiger partial charge on any atom is 0.405 e. The number of aromatic amines is 1. The van der Waals surface area contributed by atoms with E-state index in [-0.39, 0.29) is 31.0 Å². The molecule has 0 radical (unpaired) electrons. The van der Waals surface area contributed by atoms with Gasteiger partial charge in [-0.1, -0.05) is 32.1 Å². The Kier molecular flexibility index (Phi) is 9.48. The lowest BCUT2D eigenvalue weighted by atomic mass is 10.00. The lowest BCUT2D eigenvalue weighted by Crippen LogP contribution is -2.44. The van der Waals surface area contributed by atoms with Gasteiger partial charge < -0.3 is 30.2 Å². The molecule has 0 saturated heterocycles. The monoisotopic (exact) mass is 521 g/mol. The number of anilines is 1. The molecule has 1 unspecified atom stereocenters. The van der Waals surface area contributed by atoms with E-state index in [4.69, 9.17) is 5.11 Å². The number of carbonyl (C=O) groups is 3. The van der Waals surface area contributed by atoms with Crippen molar-refractivity contribution in [2.24, 2.45) is 5.92 Å². The second-order valence-corrected chi connectivity index (χ2v) is 9.83. The van der Waals surface area contributed by atoms with Crippen molar-refractivity contribution in [1.82, 2.24) is 19.8 Å². The number of hydrogen-bond donors (Lipinski definition) is 4. The highest BCUT2D eigenvalue weighted by Crippen LogP contribution is 2.23. The first-order valence-corrected chi connectivity index (χ1v) is 12.5. The van der Waals surface area contributed by atoms with Crippen LogP contribution in [0.4, 0.5) is 10.5 Å². The summed E-state index contributed by atoms with van der Waals surface area (Å²) in [4.78, 5) is 53.7. The summed E-state index contributed by atoms with van der Waals surface area (Å²) in [5, 5.41) is 15.0. The van der Waals surface area contributed by atoms with Gasteiger partial charge in [-0.05, 0) is 61.1 Å². The van der Waals surface area contributed by atoms with Gasteiger partial charge in [-0.25, -0.2) is 4.79 Å². The standard InChI is InChI=1S/C28H35N5O5/c1-18(2)15-19-9-7-11-22-21(19)16-20(29-22)17-33-14-8-12-24(27(33)36)30-26(35)23(31-28(37)38)10-5-6-13-25(34)32(3)4/h6-9,11-14,16,18,23,29,31H,5,10,15,17H2,1-4H3,(H,30,35)(H,37,38)/b13-6+. The van der Waals surface area contributed by atoms with E-state index >= 15 is 0 Å². The number of amides is 3. The van der Waals surface area contributed by atoms with Crippen molar-refractivity contribution in [3.05, 3.63) is 76.4 Å². The number of H-pyrrole nitrogens is 1. The van der Waals surface area contributed by atoms with Crippen LogP contribution in [0.15, 0.2) is 59.5 Å². The van der Waals surface area contributed by atoms with E-state index in [1.807, 2.05) is 18.2 Å².